The predicted molar refractivity (Wildman–Crippen MR) is 292 cm³/mol. The van der Waals surface area contributed by atoms with Crippen LogP contribution in [0.15, 0.2) is 146 Å². The van der Waals surface area contributed by atoms with E-state index >= 15 is 0 Å². The smallest absolute Gasteiger partial charge is 0.306 e. The van der Waals surface area contributed by atoms with Crippen LogP contribution in [0.3, 0.4) is 0 Å². The van der Waals surface area contributed by atoms with Crippen molar-refractivity contribution in [2.75, 3.05) is 13.2 Å². The van der Waals surface area contributed by atoms with Crippen molar-refractivity contribution in [3.05, 3.63) is 146 Å². The van der Waals surface area contributed by atoms with Crippen molar-refractivity contribution in [2.45, 2.75) is 213 Å². The van der Waals surface area contributed by atoms with Gasteiger partial charge >= 0.3 is 17.9 Å². The molecule has 0 radical (unpaired) electrons. The maximum absolute atomic E-state index is 12.8. The van der Waals surface area contributed by atoms with Gasteiger partial charge in [0.05, 0.1) is 0 Å². The van der Waals surface area contributed by atoms with Crippen LogP contribution < -0.4 is 0 Å². The van der Waals surface area contributed by atoms with E-state index in [0.29, 0.717) is 12.8 Å². The predicted octanol–water partition coefficient (Wildman–Crippen LogP) is 18.0. The third-order valence-electron chi connectivity index (χ3n) is 10.7. The second-order valence-electron chi connectivity index (χ2n) is 17.2. The van der Waals surface area contributed by atoms with Gasteiger partial charge in [-0.3, -0.25) is 14.4 Å². The average molecular weight is 937 g/mol. The van der Waals surface area contributed by atoms with Gasteiger partial charge in [0.15, 0.2) is 6.10 Å². The van der Waals surface area contributed by atoms with E-state index < -0.39 is 6.10 Å². The molecule has 68 heavy (non-hydrogen) atoms. The normalized spacial score (nSPS) is 13.3. The summed E-state index contributed by atoms with van der Waals surface area (Å²) >= 11 is 0. The molecule has 0 aromatic carbocycles. The van der Waals surface area contributed by atoms with E-state index in [0.717, 1.165) is 116 Å². The maximum atomic E-state index is 12.8. The summed E-state index contributed by atoms with van der Waals surface area (Å²) in [6.07, 6.45) is 78.4. The molecule has 0 aromatic rings. The van der Waals surface area contributed by atoms with Crippen molar-refractivity contribution in [3.8, 4) is 0 Å². The minimum Gasteiger partial charge on any atom is -0.462 e. The van der Waals surface area contributed by atoms with Crippen LogP contribution >= 0.6 is 0 Å². The van der Waals surface area contributed by atoms with Crippen molar-refractivity contribution in [2.24, 2.45) is 0 Å². The van der Waals surface area contributed by atoms with E-state index in [-0.39, 0.29) is 44.0 Å². The quantitative estimate of drug-likeness (QED) is 0.0199. The molecule has 0 aliphatic carbocycles. The summed E-state index contributed by atoms with van der Waals surface area (Å²) in [4.78, 5) is 38.0. The van der Waals surface area contributed by atoms with Crippen LogP contribution in [0.1, 0.15) is 207 Å². The Kier molecular flexibility index (Phi) is 51.1. The zero-order valence-corrected chi connectivity index (χ0v) is 43.3. The molecule has 0 amide bonds. The van der Waals surface area contributed by atoms with Gasteiger partial charge in [-0.15, -0.1) is 0 Å². The van der Waals surface area contributed by atoms with Gasteiger partial charge in [-0.25, -0.2) is 0 Å². The molecular weight excluding hydrogens is 841 g/mol. The van der Waals surface area contributed by atoms with Gasteiger partial charge in [0, 0.05) is 19.3 Å². The first-order chi connectivity index (χ1) is 33.5. The summed E-state index contributed by atoms with van der Waals surface area (Å²) in [5, 5.41) is 0. The molecule has 0 heterocycles. The number of carbonyl (C=O) groups is 3. The van der Waals surface area contributed by atoms with Gasteiger partial charge in [-0.1, -0.05) is 237 Å². The Labute approximate surface area is 417 Å². The topological polar surface area (TPSA) is 78.9 Å². The molecule has 1 unspecified atom stereocenters. The third-order valence-corrected chi connectivity index (χ3v) is 10.7. The maximum Gasteiger partial charge on any atom is 0.306 e. The minimum atomic E-state index is -0.830. The minimum absolute atomic E-state index is 0.123. The first-order valence-electron chi connectivity index (χ1n) is 26.9. The second kappa shape index (κ2) is 54.9. The van der Waals surface area contributed by atoms with E-state index in [2.05, 4.69) is 112 Å². The van der Waals surface area contributed by atoms with Crippen LogP contribution in [-0.2, 0) is 28.6 Å². The number of rotatable bonds is 46. The van der Waals surface area contributed by atoms with E-state index in [9.17, 15) is 14.4 Å². The lowest BCUT2D eigenvalue weighted by molar-refractivity contribution is -0.167. The Hall–Kier alpha value is -4.71. The van der Waals surface area contributed by atoms with Crippen molar-refractivity contribution in [1.29, 1.82) is 0 Å². The van der Waals surface area contributed by atoms with E-state index in [1.165, 1.54) is 44.9 Å². The second-order valence-corrected chi connectivity index (χ2v) is 17.2. The van der Waals surface area contributed by atoms with Crippen molar-refractivity contribution >= 4 is 17.9 Å². The summed E-state index contributed by atoms with van der Waals surface area (Å²) in [5.74, 6) is -1.04. The molecule has 0 aliphatic rings. The van der Waals surface area contributed by atoms with Gasteiger partial charge in [0.25, 0.3) is 0 Å². The molecule has 380 valence electrons. The highest BCUT2D eigenvalue weighted by Gasteiger charge is 2.19. The van der Waals surface area contributed by atoms with Gasteiger partial charge in [-0.05, 0) is 96.3 Å². The number of esters is 3. The van der Waals surface area contributed by atoms with Crippen LogP contribution in [-0.4, -0.2) is 37.2 Å². The summed E-state index contributed by atoms with van der Waals surface area (Å²) in [5.41, 5.74) is 0. The number of allylic oxidation sites excluding steroid dienone is 24. The van der Waals surface area contributed by atoms with Crippen LogP contribution in [0.25, 0.3) is 0 Å². The lowest BCUT2D eigenvalue weighted by atomic mass is 10.1. The number of ether oxygens (including phenoxy) is 3. The zero-order valence-electron chi connectivity index (χ0n) is 43.3. The molecular formula is C62H96O6. The zero-order chi connectivity index (χ0) is 49.3. The fourth-order valence-corrected chi connectivity index (χ4v) is 6.76. The fourth-order valence-electron chi connectivity index (χ4n) is 6.76. The van der Waals surface area contributed by atoms with Gasteiger partial charge < -0.3 is 14.2 Å². The van der Waals surface area contributed by atoms with E-state index in [1.807, 2.05) is 54.7 Å². The molecule has 0 saturated carbocycles. The molecule has 0 aliphatic heterocycles. The Morgan fingerprint density at radius 2 is 0.662 bits per heavy atom. The van der Waals surface area contributed by atoms with Crippen LogP contribution in [0.5, 0.6) is 0 Å². The first-order valence-corrected chi connectivity index (χ1v) is 26.9. The van der Waals surface area contributed by atoms with Crippen LogP contribution in [0, 0.1) is 0 Å². The summed E-state index contributed by atoms with van der Waals surface area (Å²) in [7, 11) is 0. The number of carbonyl (C=O) groups excluding carboxylic acids is 3. The lowest BCUT2D eigenvalue weighted by Gasteiger charge is -2.18. The van der Waals surface area contributed by atoms with Crippen molar-refractivity contribution in [1.82, 2.24) is 0 Å². The van der Waals surface area contributed by atoms with E-state index in [1.54, 1.807) is 0 Å². The number of hydrogen-bond donors (Lipinski definition) is 0. The molecule has 6 nitrogen and oxygen atoms in total. The highest BCUT2D eigenvalue weighted by molar-refractivity contribution is 5.71. The highest BCUT2D eigenvalue weighted by atomic mass is 16.6. The summed E-state index contributed by atoms with van der Waals surface area (Å²) < 4.78 is 16.7. The van der Waals surface area contributed by atoms with Crippen LogP contribution in [0.2, 0.25) is 0 Å². The Bertz CT molecular complexity index is 1540. The fraction of sp³-hybridized carbons (Fsp3) is 0.565. The van der Waals surface area contributed by atoms with E-state index in [4.69, 9.17) is 14.2 Å². The molecule has 0 rings (SSSR count). The number of hydrogen-bond acceptors (Lipinski definition) is 6. The largest absolute Gasteiger partial charge is 0.462 e. The van der Waals surface area contributed by atoms with Crippen LogP contribution in [0.4, 0.5) is 0 Å². The van der Waals surface area contributed by atoms with Gasteiger partial charge in [-0.2, -0.15) is 0 Å². The van der Waals surface area contributed by atoms with Gasteiger partial charge in [0.2, 0.25) is 0 Å². The molecule has 0 aromatic heterocycles. The highest BCUT2D eigenvalue weighted by Crippen LogP contribution is 2.13. The summed E-state index contributed by atoms with van der Waals surface area (Å²) in [6.45, 7) is 6.25. The Morgan fingerprint density at radius 3 is 1.13 bits per heavy atom. The summed E-state index contributed by atoms with van der Waals surface area (Å²) in [6, 6.07) is 0. The molecule has 0 saturated heterocycles. The molecule has 0 fully saturated rings. The SMILES string of the molecule is CC/C=C/C=C/C=C/C=C/C=C/CCCC(=O)OCC(COC(=O)CCCCCCCC/C=C/C/C=C/C/C=C/C/C=C/CC)OC(=O)CCCCCCC/C=C/C=C/C=C/CCCCCCC. The van der Waals surface area contributed by atoms with Crippen molar-refractivity contribution in [3.63, 3.8) is 0 Å². The molecule has 0 spiro atoms. The average Bonchev–Trinajstić information content (AvgIpc) is 3.34. The molecule has 1 atom stereocenters. The molecule has 6 heteroatoms. The molecule has 0 N–H and O–H groups in total. The standard InChI is InChI=1S/C62H96O6/c1-4-7-10-13-16-19-22-25-27-29-31-33-34-37-40-43-46-49-52-55-61(64)67-58-59(57-66-60(63)54-51-48-45-42-39-36-24-21-18-15-12-9-6-3)68-62(65)56-53-50-47-44-41-38-35-32-30-28-26-23-20-17-14-11-8-5-2/h7,9-10,12,15-16,18-19,21,23-28,30-33,35-36,39,42,45,59H,4-6,8,11,13-14,17,20,22,29,34,37-38,40-41,43-44,46-58H2,1-3H3/b10-7+,12-9+,18-15+,19-16+,24-21+,26-23+,27-25+,30-28+,33-31+,35-32+,39-36+,45-42+. The Morgan fingerprint density at radius 1 is 0.324 bits per heavy atom. The van der Waals surface area contributed by atoms with Gasteiger partial charge in [0.1, 0.15) is 13.2 Å². The Balaban J connectivity index is 4.56. The van der Waals surface area contributed by atoms with Crippen molar-refractivity contribution < 1.29 is 28.6 Å². The molecule has 0 bridgehead atoms. The monoisotopic (exact) mass is 937 g/mol. The first kappa shape index (κ1) is 63.3. The number of unbranched alkanes of at least 4 members (excludes halogenated alkanes) is 17. The lowest BCUT2D eigenvalue weighted by Crippen LogP contribution is -2.30. The third kappa shape index (κ3) is 52.3.